The highest BCUT2D eigenvalue weighted by Crippen LogP contribution is 2.31. The van der Waals surface area contributed by atoms with Crippen molar-refractivity contribution < 1.29 is 0 Å². The van der Waals surface area contributed by atoms with Gasteiger partial charge in [-0.2, -0.15) is 0 Å². The molecule has 0 spiro atoms. The van der Waals surface area contributed by atoms with Gasteiger partial charge in [-0.1, -0.05) is 24.3 Å². The molecule has 2 aromatic rings. The van der Waals surface area contributed by atoms with Gasteiger partial charge in [-0.3, -0.25) is 0 Å². The molecule has 1 aromatic heterocycles. The Kier molecular flexibility index (Phi) is 3.85. The smallest absolute Gasteiger partial charge is 0.0402 e. The van der Waals surface area contributed by atoms with Gasteiger partial charge in [-0.05, 0) is 36.4 Å². The van der Waals surface area contributed by atoms with Crippen LogP contribution in [0.2, 0.25) is 0 Å². The van der Waals surface area contributed by atoms with Crippen molar-refractivity contribution in [2.45, 2.75) is 25.9 Å². The largest absolute Gasteiger partial charge is 0.367 e. The second kappa shape index (κ2) is 5.76. The van der Waals surface area contributed by atoms with Crippen molar-refractivity contribution >= 4 is 17.0 Å². The number of rotatable bonds is 5. The van der Waals surface area contributed by atoms with Crippen LogP contribution in [0.1, 0.15) is 17.4 Å². The highest BCUT2D eigenvalue weighted by Gasteiger charge is 2.24. The van der Waals surface area contributed by atoms with E-state index in [0.717, 1.165) is 19.6 Å². The Labute approximate surface area is 119 Å². The second-order valence-electron chi connectivity index (χ2n) is 5.13. The minimum absolute atomic E-state index is 0.626. The Balaban J connectivity index is 1.53. The van der Waals surface area contributed by atoms with Gasteiger partial charge in [0.1, 0.15) is 0 Å². The lowest BCUT2D eigenvalue weighted by Gasteiger charge is -2.25. The fourth-order valence-corrected chi connectivity index (χ4v) is 3.47. The van der Waals surface area contributed by atoms with E-state index in [2.05, 4.69) is 58.9 Å². The van der Waals surface area contributed by atoms with Gasteiger partial charge in [0.05, 0.1) is 0 Å². The van der Waals surface area contributed by atoms with Crippen LogP contribution in [0.4, 0.5) is 5.69 Å². The summed E-state index contributed by atoms with van der Waals surface area (Å²) in [4.78, 5) is 3.94. The second-order valence-corrected chi connectivity index (χ2v) is 6.16. The minimum Gasteiger partial charge on any atom is -0.367 e. The lowest BCUT2D eigenvalue weighted by atomic mass is 10.1. The maximum atomic E-state index is 3.53. The first kappa shape index (κ1) is 12.7. The van der Waals surface area contributed by atoms with Crippen molar-refractivity contribution in [2.24, 2.45) is 0 Å². The molecule has 3 rings (SSSR count). The molecule has 0 aliphatic carbocycles. The van der Waals surface area contributed by atoms with Gasteiger partial charge in [0.25, 0.3) is 0 Å². The predicted molar refractivity (Wildman–Crippen MR) is 83.0 cm³/mol. The molecular weight excluding hydrogens is 252 g/mol. The maximum absolute atomic E-state index is 3.53. The molecule has 19 heavy (non-hydrogen) atoms. The van der Waals surface area contributed by atoms with E-state index in [-0.39, 0.29) is 0 Å². The number of anilines is 1. The van der Waals surface area contributed by atoms with Gasteiger partial charge in [0, 0.05) is 36.2 Å². The monoisotopic (exact) mass is 272 g/mol. The van der Waals surface area contributed by atoms with Gasteiger partial charge < -0.3 is 10.2 Å². The Morgan fingerprint density at radius 3 is 3.00 bits per heavy atom. The Morgan fingerprint density at radius 2 is 2.16 bits per heavy atom. The standard InChI is InChI=1S/C16H20N2S/c1-13-11-14-5-2-3-7-16(14)18(13)9-8-17-12-15-6-4-10-19-15/h2-7,10,13,17H,8-9,11-12H2,1H3. The first-order valence-corrected chi connectivity index (χ1v) is 7.80. The van der Waals surface area contributed by atoms with Crippen LogP contribution in [0.25, 0.3) is 0 Å². The van der Waals surface area contributed by atoms with E-state index in [1.165, 1.54) is 22.5 Å². The van der Waals surface area contributed by atoms with Crippen molar-refractivity contribution in [1.82, 2.24) is 5.32 Å². The topological polar surface area (TPSA) is 15.3 Å². The van der Waals surface area contributed by atoms with Crippen LogP contribution in [0.5, 0.6) is 0 Å². The number of fused-ring (bicyclic) bond motifs is 1. The first-order valence-electron chi connectivity index (χ1n) is 6.92. The highest BCUT2D eigenvalue weighted by molar-refractivity contribution is 7.09. The lowest BCUT2D eigenvalue weighted by molar-refractivity contribution is 0.620. The average Bonchev–Trinajstić information content (AvgIpc) is 3.02. The van der Waals surface area contributed by atoms with Crippen LogP contribution in [-0.4, -0.2) is 19.1 Å². The fourth-order valence-electron chi connectivity index (χ4n) is 2.79. The molecule has 0 fully saturated rings. The van der Waals surface area contributed by atoms with Crippen LogP contribution < -0.4 is 10.2 Å². The zero-order valence-electron chi connectivity index (χ0n) is 11.3. The van der Waals surface area contributed by atoms with Crippen molar-refractivity contribution in [2.75, 3.05) is 18.0 Å². The third kappa shape index (κ3) is 2.82. The molecule has 1 unspecified atom stereocenters. The van der Waals surface area contributed by atoms with Gasteiger partial charge in [-0.25, -0.2) is 0 Å². The summed E-state index contributed by atoms with van der Waals surface area (Å²) in [6.45, 7) is 5.43. The van der Waals surface area contributed by atoms with Gasteiger partial charge in [0.15, 0.2) is 0 Å². The molecule has 2 heterocycles. The molecule has 0 saturated heterocycles. The number of para-hydroxylation sites is 1. The van der Waals surface area contributed by atoms with E-state index in [4.69, 9.17) is 0 Å². The molecule has 0 radical (unpaired) electrons. The molecule has 0 amide bonds. The zero-order valence-corrected chi connectivity index (χ0v) is 12.1. The summed E-state index contributed by atoms with van der Waals surface area (Å²) in [7, 11) is 0. The number of nitrogens with one attached hydrogen (secondary N) is 1. The summed E-state index contributed by atoms with van der Waals surface area (Å²) in [5.41, 5.74) is 2.92. The Hall–Kier alpha value is -1.32. The van der Waals surface area contributed by atoms with E-state index in [9.17, 15) is 0 Å². The van der Waals surface area contributed by atoms with Gasteiger partial charge in [-0.15, -0.1) is 11.3 Å². The summed E-state index contributed by atoms with van der Waals surface area (Å²) in [6.07, 6.45) is 1.18. The Morgan fingerprint density at radius 1 is 1.26 bits per heavy atom. The molecule has 1 aliphatic heterocycles. The zero-order chi connectivity index (χ0) is 13.1. The molecule has 1 N–H and O–H groups in total. The van der Waals surface area contributed by atoms with Crippen LogP contribution in [-0.2, 0) is 13.0 Å². The van der Waals surface area contributed by atoms with Crippen molar-refractivity contribution in [1.29, 1.82) is 0 Å². The SMILES string of the molecule is CC1Cc2ccccc2N1CCNCc1cccs1. The normalized spacial score (nSPS) is 17.7. The number of hydrogen-bond acceptors (Lipinski definition) is 3. The summed E-state index contributed by atoms with van der Waals surface area (Å²) in [5.74, 6) is 0. The number of hydrogen-bond donors (Lipinski definition) is 1. The van der Waals surface area contributed by atoms with Gasteiger partial charge >= 0.3 is 0 Å². The summed E-state index contributed by atoms with van der Waals surface area (Å²) >= 11 is 1.82. The average molecular weight is 272 g/mol. The maximum Gasteiger partial charge on any atom is 0.0402 e. The number of benzene rings is 1. The van der Waals surface area contributed by atoms with Crippen LogP contribution >= 0.6 is 11.3 Å². The van der Waals surface area contributed by atoms with E-state index < -0.39 is 0 Å². The van der Waals surface area contributed by atoms with E-state index in [0.29, 0.717) is 6.04 Å². The molecule has 3 heteroatoms. The van der Waals surface area contributed by atoms with Crippen molar-refractivity contribution in [3.05, 3.63) is 52.2 Å². The van der Waals surface area contributed by atoms with E-state index in [1.54, 1.807) is 0 Å². The number of thiophene rings is 1. The van der Waals surface area contributed by atoms with Crippen LogP contribution in [0.15, 0.2) is 41.8 Å². The van der Waals surface area contributed by atoms with Crippen LogP contribution in [0.3, 0.4) is 0 Å². The summed E-state index contributed by atoms with van der Waals surface area (Å²) < 4.78 is 0. The third-order valence-electron chi connectivity index (χ3n) is 3.76. The Bertz CT molecular complexity index is 521. The van der Waals surface area contributed by atoms with Gasteiger partial charge in [0.2, 0.25) is 0 Å². The third-order valence-corrected chi connectivity index (χ3v) is 4.63. The first-order chi connectivity index (χ1) is 9.34. The van der Waals surface area contributed by atoms with Crippen LogP contribution in [0, 0.1) is 0 Å². The van der Waals surface area contributed by atoms with E-state index >= 15 is 0 Å². The molecular formula is C16H20N2S. The molecule has 1 aromatic carbocycles. The molecule has 2 nitrogen and oxygen atoms in total. The van der Waals surface area contributed by atoms with E-state index in [1.807, 2.05) is 11.3 Å². The quantitative estimate of drug-likeness (QED) is 0.840. The van der Waals surface area contributed by atoms with Crippen molar-refractivity contribution in [3.63, 3.8) is 0 Å². The molecule has 0 saturated carbocycles. The highest BCUT2D eigenvalue weighted by atomic mass is 32.1. The summed E-state index contributed by atoms with van der Waals surface area (Å²) in [5, 5.41) is 5.67. The fraction of sp³-hybridized carbons (Fsp3) is 0.375. The number of nitrogens with zero attached hydrogens (tertiary/aromatic N) is 1. The minimum atomic E-state index is 0.626. The molecule has 0 bridgehead atoms. The van der Waals surface area contributed by atoms with Crippen molar-refractivity contribution in [3.8, 4) is 0 Å². The predicted octanol–water partition coefficient (Wildman–Crippen LogP) is 3.29. The lowest BCUT2D eigenvalue weighted by Crippen LogP contribution is -2.35. The molecule has 100 valence electrons. The molecule has 1 atom stereocenters. The molecule has 1 aliphatic rings. The summed E-state index contributed by atoms with van der Waals surface area (Å²) in [6, 6.07) is 13.7.